The number of unbranched alkanes of at least 4 members (excludes halogenated alkanes) is 1. The molecule has 0 N–H and O–H groups in total. The van der Waals surface area contributed by atoms with Gasteiger partial charge < -0.3 is 14.4 Å². The fourth-order valence-corrected chi connectivity index (χ4v) is 4.56. The molecule has 162 valence electrons. The zero-order valence-corrected chi connectivity index (χ0v) is 18.9. The number of thiazole rings is 1. The number of rotatable bonds is 9. The van der Waals surface area contributed by atoms with Gasteiger partial charge in [-0.15, -0.1) is 11.3 Å². The first kappa shape index (κ1) is 21.4. The first-order chi connectivity index (χ1) is 15.1. The van der Waals surface area contributed by atoms with E-state index >= 15 is 0 Å². The third-order valence-electron chi connectivity index (χ3n) is 5.25. The molecule has 2 aromatic carbocycles. The van der Waals surface area contributed by atoms with Gasteiger partial charge in [-0.25, -0.2) is 4.98 Å². The summed E-state index contributed by atoms with van der Waals surface area (Å²) in [6, 6.07) is 14.1. The van der Waals surface area contributed by atoms with Crippen LogP contribution in [0.5, 0.6) is 11.5 Å². The van der Waals surface area contributed by atoms with Crippen molar-refractivity contribution in [3.05, 3.63) is 58.4 Å². The standard InChI is InChI=1S/C25H28N2O3S/c1-3-7-24-26-21(17-31-24)19-10-11-23-22(15-19)27(25(28)16-30-23)12-4-5-13-29-20-9-6-8-18(2)14-20/h6,8-11,14-15,17H,3-5,7,12-13,16H2,1-2H3. The summed E-state index contributed by atoms with van der Waals surface area (Å²) in [5.41, 5.74) is 3.99. The normalized spacial score (nSPS) is 13.1. The van der Waals surface area contributed by atoms with Crippen molar-refractivity contribution in [1.29, 1.82) is 0 Å². The van der Waals surface area contributed by atoms with Crippen LogP contribution in [0.2, 0.25) is 0 Å². The van der Waals surface area contributed by atoms with Crippen molar-refractivity contribution >= 4 is 22.9 Å². The average Bonchev–Trinajstić information content (AvgIpc) is 3.23. The summed E-state index contributed by atoms with van der Waals surface area (Å²) in [5, 5.41) is 3.23. The van der Waals surface area contributed by atoms with Gasteiger partial charge in [-0.2, -0.15) is 0 Å². The molecule has 0 atom stereocenters. The number of aryl methyl sites for hydroxylation is 2. The Morgan fingerprint density at radius 1 is 1.19 bits per heavy atom. The van der Waals surface area contributed by atoms with Gasteiger partial charge in [-0.05, 0) is 68.5 Å². The maximum atomic E-state index is 12.6. The highest BCUT2D eigenvalue weighted by Crippen LogP contribution is 2.36. The first-order valence-corrected chi connectivity index (χ1v) is 11.7. The molecule has 4 rings (SSSR count). The van der Waals surface area contributed by atoms with E-state index < -0.39 is 0 Å². The molecular formula is C25H28N2O3S. The van der Waals surface area contributed by atoms with E-state index in [1.165, 1.54) is 5.56 Å². The molecule has 0 unspecified atom stereocenters. The molecule has 6 heteroatoms. The van der Waals surface area contributed by atoms with Crippen molar-refractivity contribution in [2.45, 2.75) is 39.5 Å². The van der Waals surface area contributed by atoms with Crippen LogP contribution in [0, 0.1) is 6.92 Å². The maximum absolute atomic E-state index is 12.6. The highest BCUT2D eigenvalue weighted by molar-refractivity contribution is 7.09. The second-order valence-electron chi connectivity index (χ2n) is 7.77. The number of nitrogens with zero attached hydrogens (tertiary/aromatic N) is 2. The van der Waals surface area contributed by atoms with E-state index in [4.69, 9.17) is 14.5 Å². The minimum absolute atomic E-state index is 0.00537. The molecular weight excluding hydrogens is 408 g/mol. The van der Waals surface area contributed by atoms with Gasteiger partial charge >= 0.3 is 0 Å². The Balaban J connectivity index is 1.40. The summed E-state index contributed by atoms with van der Waals surface area (Å²) in [4.78, 5) is 19.2. The fraction of sp³-hybridized carbons (Fsp3) is 0.360. The predicted octanol–water partition coefficient (Wildman–Crippen LogP) is 5.66. The van der Waals surface area contributed by atoms with Gasteiger partial charge in [0.25, 0.3) is 5.91 Å². The van der Waals surface area contributed by atoms with E-state index in [1.54, 1.807) is 11.3 Å². The van der Waals surface area contributed by atoms with Crippen LogP contribution in [-0.2, 0) is 11.2 Å². The Bertz CT molecular complexity index is 1050. The van der Waals surface area contributed by atoms with Gasteiger partial charge in [-0.3, -0.25) is 4.79 Å². The van der Waals surface area contributed by atoms with Crippen LogP contribution in [0.1, 0.15) is 36.8 Å². The number of aromatic nitrogens is 1. The van der Waals surface area contributed by atoms with E-state index in [2.05, 4.69) is 25.3 Å². The number of ether oxygens (including phenoxy) is 2. The van der Waals surface area contributed by atoms with Gasteiger partial charge in [0.2, 0.25) is 0 Å². The molecule has 5 nitrogen and oxygen atoms in total. The molecule has 2 heterocycles. The van der Waals surface area contributed by atoms with E-state index in [9.17, 15) is 4.79 Å². The van der Waals surface area contributed by atoms with Crippen LogP contribution in [0.25, 0.3) is 11.3 Å². The quantitative estimate of drug-likeness (QED) is 0.406. The number of carbonyl (C=O) groups is 1. The van der Waals surface area contributed by atoms with Gasteiger partial charge in [0, 0.05) is 17.5 Å². The Morgan fingerprint density at radius 2 is 2.10 bits per heavy atom. The molecule has 1 aliphatic rings. The molecule has 31 heavy (non-hydrogen) atoms. The van der Waals surface area contributed by atoms with Crippen molar-refractivity contribution in [2.75, 3.05) is 24.7 Å². The Kier molecular flexibility index (Phi) is 6.87. The lowest BCUT2D eigenvalue weighted by atomic mass is 10.1. The number of carbonyl (C=O) groups excluding carboxylic acids is 1. The molecule has 1 aliphatic heterocycles. The summed E-state index contributed by atoms with van der Waals surface area (Å²) in [7, 11) is 0. The fourth-order valence-electron chi connectivity index (χ4n) is 3.65. The lowest BCUT2D eigenvalue weighted by Crippen LogP contribution is -2.39. The van der Waals surface area contributed by atoms with Crippen LogP contribution in [0.4, 0.5) is 5.69 Å². The minimum Gasteiger partial charge on any atom is -0.494 e. The SMILES string of the molecule is CCCc1nc(-c2ccc3c(c2)N(CCCCOc2cccc(C)c2)C(=O)CO3)cs1. The molecule has 0 radical (unpaired) electrons. The number of fused-ring (bicyclic) bond motifs is 1. The van der Waals surface area contributed by atoms with E-state index in [0.29, 0.717) is 13.2 Å². The van der Waals surface area contributed by atoms with Gasteiger partial charge in [0.1, 0.15) is 11.5 Å². The third-order valence-corrected chi connectivity index (χ3v) is 6.16. The summed E-state index contributed by atoms with van der Waals surface area (Å²) < 4.78 is 11.5. The Morgan fingerprint density at radius 3 is 2.94 bits per heavy atom. The van der Waals surface area contributed by atoms with Crippen LogP contribution in [-0.4, -0.2) is 30.6 Å². The average molecular weight is 437 g/mol. The van der Waals surface area contributed by atoms with Gasteiger partial charge in [-0.1, -0.05) is 19.1 Å². The van der Waals surface area contributed by atoms with Crippen LogP contribution >= 0.6 is 11.3 Å². The molecule has 0 fully saturated rings. The number of anilines is 1. The van der Waals surface area contributed by atoms with Crippen LogP contribution in [0.3, 0.4) is 0 Å². The molecule has 3 aromatic rings. The monoisotopic (exact) mass is 436 g/mol. The van der Waals surface area contributed by atoms with Crippen molar-refractivity contribution in [3.63, 3.8) is 0 Å². The van der Waals surface area contributed by atoms with E-state index in [-0.39, 0.29) is 12.5 Å². The van der Waals surface area contributed by atoms with Crippen LogP contribution in [0.15, 0.2) is 47.8 Å². The van der Waals surface area contributed by atoms with Crippen molar-refractivity contribution in [2.24, 2.45) is 0 Å². The minimum atomic E-state index is -0.00537. The maximum Gasteiger partial charge on any atom is 0.265 e. The highest BCUT2D eigenvalue weighted by atomic mass is 32.1. The zero-order chi connectivity index (χ0) is 21.6. The van der Waals surface area contributed by atoms with E-state index in [0.717, 1.165) is 59.1 Å². The number of amides is 1. The molecule has 1 aromatic heterocycles. The number of benzene rings is 2. The largest absolute Gasteiger partial charge is 0.494 e. The summed E-state index contributed by atoms with van der Waals surface area (Å²) in [6.07, 6.45) is 3.81. The molecule has 0 saturated carbocycles. The third kappa shape index (κ3) is 5.25. The smallest absolute Gasteiger partial charge is 0.265 e. The summed E-state index contributed by atoms with van der Waals surface area (Å²) in [5.74, 6) is 1.64. The second-order valence-corrected chi connectivity index (χ2v) is 8.71. The van der Waals surface area contributed by atoms with Gasteiger partial charge in [0.15, 0.2) is 6.61 Å². The topological polar surface area (TPSA) is 51.7 Å². The molecule has 0 saturated heterocycles. The number of hydrogen-bond acceptors (Lipinski definition) is 5. The Labute approximate surface area is 187 Å². The predicted molar refractivity (Wildman–Crippen MR) is 125 cm³/mol. The van der Waals surface area contributed by atoms with Gasteiger partial charge in [0.05, 0.1) is 23.0 Å². The lowest BCUT2D eigenvalue weighted by molar-refractivity contribution is -0.121. The van der Waals surface area contributed by atoms with Crippen molar-refractivity contribution in [3.8, 4) is 22.8 Å². The highest BCUT2D eigenvalue weighted by Gasteiger charge is 2.25. The first-order valence-electron chi connectivity index (χ1n) is 10.9. The molecule has 0 bridgehead atoms. The van der Waals surface area contributed by atoms with Crippen LogP contribution < -0.4 is 14.4 Å². The summed E-state index contributed by atoms with van der Waals surface area (Å²) >= 11 is 1.69. The molecule has 0 spiro atoms. The number of hydrogen-bond donors (Lipinski definition) is 0. The van der Waals surface area contributed by atoms with E-state index in [1.807, 2.05) is 41.3 Å². The molecule has 0 aliphatic carbocycles. The molecule has 1 amide bonds. The lowest BCUT2D eigenvalue weighted by Gasteiger charge is -2.29. The van der Waals surface area contributed by atoms with Crippen molar-refractivity contribution in [1.82, 2.24) is 4.98 Å². The zero-order valence-electron chi connectivity index (χ0n) is 18.1. The Hall–Kier alpha value is -2.86. The second kappa shape index (κ2) is 9.96. The van der Waals surface area contributed by atoms with Crippen molar-refractivity contribution < 1.29 is 14.3 Å². The summed E-state index contributed by atoms with van der Waals surface area (Å²) in [6.45, 7) is 5.58.